The number of carbonyl (C=O) groups is 2. The van der Waals surface area contributed by atoms with Gasteiger partial charge in [0.25, 0.3) is 0 Å². The average Bonchev–Trinajstić information content (AvgIpc) is 2.86. The molecule has 1 spiro atoms. The summed E-state index contributed by atoms with van der Waals surface area (Å²) < 4.78 is 0. The number of amides is 3. The number of benzene rings is 1. The van der Waals surface area contributed by atoms with Crippen molar-refractivity contribution in [3.63, 3.8) is 0 Å². The van der Waals surface area contributed by atoms with Crippen LogP contribution < -0.4 is 16.0 Å². The Morgan fingerprint density at radius 3 is 2.35 bits per heavy atom. The van der Waals surface area contributed by atoms with E-state index in [0.717, 1.165) is 31.2 Å². The van der Waals surface area contributed by atoms with Crippen LogP contribution in [0.4, 0.5) is 10.5 Å². The Balaban J connectivity index is 1.83. The van der Waals surface area contributed by atoms with E-state index in [4.69, 9.17) is 5.73 Å². The van der Waals surface area contributed by atoms with E-state index in [1.807, 2.05) is 12.1 Å². The second-order valence-electron chi connectivity index (χ2n) is 5.69. The number of nitrogens with zero attached hydrogens (tertiary/aromatic N) is 1. The van der Waals surface area contributed by atoms with E-state index >= 15 is 0 Å². The summed E-state index contributed by atoms with van der Waals surface area (Å²) in [7, 11) is 0. The molecular weight excluding hydrogens is 254 g/mol. The third-order valence-electron chi connectivity index (χ3n) is 4.31. The Hall–Kier alpha value is -1.88. The molecule has 1 aromatic carbocycles. The molecule has 2 fully saturated rings. The summed E-state index contributed by atoms with van der Waals surface area (Å²) in [6.45, 7) is 0.448. The molecule has 3 N–H and O–H groups in total. The summed E-state index contributed by atoms with van der Waals surface area (Å²) in [6, 6.07) is 6.92. The molecule has 1 saturated carbocycles. The zero-order valence-electron chi connectivity index (χ0n) is 11.4. The Morgan fingerprint density at radius 2 is 1.80 bits per heavy atom. The van der Waals surface area contributed by atoms with Crippen molar-refractivity contribution in [1.82, 2.24) is 5.32 Å². The first kappa shape index (κ1) is 13.1. The molecule has 5 heteroatoms. The second-order valence-corrected chi connectivity index (χ2v) is 5.69. The van der Waals surface area contributed by atoms with Gasteiger partial charge in [-0.25, -0.2) is 9.69 Å². The van der Waals surface area contributed by atoms with Crippen LogP contribution in [0.25, 0.3) is 0 Å². The first-order valence-electron chi connectivity index (χ1n) is 7.08. The zero-order chi connectivity index (χ0) is 14.2. The standard InChI is InChI=1S/C15H19N3O2/c16-10-11-3-5-12(6-4-11)18-13(19)9-15(17-14(18)20)7-1-2-8-15/h3-6H,1-2,7-10,16H2,(H,17,20). The zero-order valence-corrected chi connectivity index (χ0v) is 11.4. The quantitative estimate of drug-likeness (QED) is 0.864. The minimum atomic E-state index is -0.302. The molecule has 1 aliphatic carbocycles. The van der Waals surface area contributed by atoms with Gasteiger partial charge in [-0.05, 0) is 30.5 Å². The summed E-state index contributed by atoms with van der Waals surface area (Å²) in [5.74, 6) is -0.115. The molecule has 0 radical (unpaired) electrons. The van der Waals surface area contributed by atoms with Gasteiger partial charge in [-0.1, -0.05) is 25.0 Å². The molecule has 0 unspecified atom stereocenters. The Labute approximate surface area is 118 Å². The molecule has 1 aliphatic heterocycles. The molecule has 5 nitrogen and oxygen atoms in total. The van der Waals surface area contributed by atoms with E-state index in [1.165, 1.54) is 4.90 Å². The van der Waals surface area contributed by atoms with E-state index in [0.29, 0.717) is 18.7 Å². The van der Waals surface area contributed by atoms with Gasteiger partial charge in [0.05, 0.1) is 17.6 Å². The largest absolute Gasteiger partial charge is 0.331 e. The maximum absolute atomic E-state index is 12.4. The van der Waals surface area contributed by atoms with Crippen LogP contribution in [0.3, 0.4) is 0 Å². The van der Waals surface area contributed by atoms with Crippen LogP contribution in [0.1, 0.15) is 37.7 Å². The second kappa shape index (κ2) is 4.90. The molecule has 1 heterocycles. The lowest BCUT2D eigenvalue weighted by Gasteiger charge is -2.38. The topological polar surface area (TPSA) is 75.4 Å². The molecule has 0 atom stereocenters. The maximum Gasteiger partial charge on any atom is 0.329 e. The van der Waals surface area contributed by atoms with Gasteiger partial charge in [-0.3, -0.25) is 4.79 Å². The van der Waals surface area contributed by atoms with Crippen molar-refractivity contribution in [3.05, 3.63) is 29.8 Å². The summed E-state index contributed by atoms with van der Waals surface area (Å²) in [4.78, 5) is 25.9. The smallest absolute Gasteiger partial charge is 0.329 e. The van der Waals surface area contributed by atoms with Gasteiger partial charge in [-0.2, -0.15) is 0 Å². The Bertz CT molecular complexity index is 513. The van der Waals surface area contributed by atoms with Gasteiger partial charge in [0.2, 0.25) is 5.91 Å². The summed E-state index contributed by atoms with van der Waals surface area (Å²) in [6.07, 6.45) is 4.38. The molecule has 3 rings (SSSR count). The summed E-state index contributed by atoms with van der Waals surface area (Å²) in [5.41, 5.74) is 6.85. The SMILES string of the molecule is NCc1ccc(N2C(=O)CC3(CCCC3)NC2=O)cc1. The summed E-state index contributed by atoms with van der Waals surface area (Å²) in [5, 5.41) is 3.04. The molecule has 0 bridgehead atoms. The number of hydrogen-bond acceptors (Lipinski definition) is 3. The van der Waals surface area contributed by atoms with Crippen LogP contribution in [0.5, 0.6) is 0 Å². The van der Waals surface area contributed by atoms with Crippen LogP contribution in [0, 0.1) is 0 Å². The number of nitrogens with two attached hydrogens (primary N) is 1. The van der Waals surface area contributed by atoms with Crippen molar-refractivity contribution >= 4 is 17.6 Å². The monoisotopic (exact) mass is 273 g/mol. The molecule has 0 aromatic heterocycles. The molecule has 3 amide bonds. The highest BCUT2D eigenvalue weighted by atomic mass is 16.2. The molecule has 106 valence electrons. The van der Waals surface area contributed by atoms with Gasteiger partial charge in [-0.15, -0.1) is 0 Å². The lowest BCUT2D eigenvalue weighted by atomic mass is 9.90. The normalized spacial score (nSPS) is 21.4. The predicted octanol–water partition coefficient (Wildman–Crippen LogP) is 1.90. The van der Waals surface area contributed by atoms with E-state index in [-0.39, 0.29) is 17.5 Å². The summed E-state index contributed by atoms with van der Waals surface area (Å²) >= 11 is 0. The fourth-order valence-electron chi connectivity index (χ4n) is 3.20. The van der Waals surface area contributed by atoms with Crippen molar-refractivity contribution < 1.29 is 9.59 Å². The predicted molar refractivity (Wildman–Crippen MR) is 76.2 cm³/mol. The number of imide groups is 1. The third-order valence-corrected chi connectivity index (χ3v) is 4.31. The van der Waals surface area contributed by atoms with Gasteiger partial charge in [0.1, 0.15) is 0 Å². The van der Waals surface area contributed by atoms with Gasteiger partial charge in [0, 0.05) is 6.54 Å². The highest BCUT2D eigenvalue weighted by Crippen LogP contribution is 2.36. The fourth-order valence-corrected chi connectivity index (χ4v) is 3.20. The first-order chi connectivity index (χ1) is 9.63. The minimum absolute atomic E-state index is 0.115. The highest BCUT2D eigenvalue weighted by molar-refractivity contribution is 6.16. The van der Waals surface area contributed by atoms with Crippen LogP contribution in [0.2, 0.25) is 0 Å². The lowest BCUT2D eigenvalue weighted by molar-refractivity contribution is -0.120. The highest BCUT2D eigenvalue weighted by Gasteiger charge is 2.45. The Morgan fingerprint density at radius 1 is 1.15 bits per heavy atom. The van der Waals surface area contributed by atoms with E-state index in [1.54, 1.807) is 12.1 Å². The molecule has 2 aliphatic rings. The van der Waals surface area contributed by atoms with E-state index in [9.17, 15) is 9.59 Å². The van der Waals surface area contributed by atoms with Crippen LogP contribution in [0.15, 0.2) is 24.3 Å². The van der Waals surface area contributed by atoms with Gasteiger partial charge >= 0.3 is 6.03 Å². The number of urea groups is 1. The van der Waals surface area contributed by atoms with E-state index < -0.39 is 0 Å². The molecule has 1 aromatic rings. The van der Waals surface area contributed by atoms with Crippen LogP contribution in [-0.4, -0.2) is 17.5 Å². The van der Waals surface area contributed by atoms with Crippen LogP contribution >= 0.6 is 0 Å². The van der Waals surface area contributed by atoms with Crippen molar-refractivity contribution in [3.8, 4) is 0 Å². The Kier molecular flexibility index (Phi) is 3.22. The van der Waals surface area contributed by atoms with Gasteiger partial charge in [0.15, 0.2) is 0 Å². The van der Waals surface area contributed by atoms with Crippen molar-refractivity contribution in [1.29, 1.82) is 0 Å². The lowest BCUT2D eigenvalue weighted by Crippen LogP contribution is -2.61. The first-order valence-corrected chi connectivity index (χ1v) is 7.08. The van der Waals surface area contributed by atoms with Crippen LogP contribution in [-0.2, 0) is 11.3 Å². The average molecular weight is 273 g/mol. The number of hydrogen-bond donors (Lipinski definition) is 2. The number of anilines is 1. The van der Waals surface area contributed by atoms with Crippen molar-refractivity contribution in [2.45, 2.75) is 44.2 Å². The number of nitrogens with one attached hydrogen (secondary N) is 1. The van der Waals surface area contributed by atoms with Crippen molar-refractivity contribution in [2.75, 3.05) is 4.90 Å². The van der Waals surface area contributed by atoms with Gasteiger partial charge < -0.3 is 11.1 Å². The molecular formula is C15H19N3O2. The maximum atomic E-state index is 12.4. The number of rotatable bonds is 2. The molecule has 20 heavy (non-hydrogen) atoms. The van der Waals surface area contributed by atoms with E-state index in [2.05, 4.69) is 5.32 Å². The molecule has 1 saturated heterocycles. The van der Waals surface area contributed by atoms with Crippen molar-refractivity contribution in [2.24, 2.45) is 5.73 Å². The third kappa shape index (κ3) is 2.18. The number of carbonyl (C=O) groups excluding carboxylic acids is 2. The fraction of sp³-hybridized carbons (Fsp3) is 0.467. The minimum Gasteiger partial charge on any atom is -0.331 e.